The van der Waals surface area contributed by atoms with E-state index in [2.05, 4.69) is 20.9 Å². The third-order valence-electron chi connectivity index (χ3n) is 3.13. The fourth-order valence-electron chi connectivity index (χ4n) is 2.12. The maximum atomic E-state index is 12.5. The molecule has 1 atom stereocenters. The minimum Gasteiger partial charge on any atom is -0.396 e. The Bertz CT molecular complexity index is 567. The maximum Gasteiger partial charge on any atom is 0.246 e. The lowest BCUT2D eigenvalue weighted by molar-refractivity contribution is 0.165. The quantitative estimate of drug-likeness (QED) is 0.826. The summed E-state index contributed by atoms with van der Waals surface area (Å²) in [7, 11) is -3.66. The number of rotatable bonds is 3. The van der Waals surface area contributed by atoms with Crippen molar-refractivity contribution in [3.63, 3.8) is 0 Å². The van der Waals surface area contributed by atoms with Gasteiger partial charge in [0, 0.05) is 30.4 Å². The summed E-state index contributed by atoms with van der Waals surface area (Å²) in [6.45, 7) is 0.764. The topological polar surface area (TPSA) is 70.5 Å². The second-order valence-corrected chi connectivity index (χ2v) is 7.68. The van der Waals surface area contributed by atoms with Gasteiger partial charge in [0.2, 0.25) is 10.0 Å². The Morgan fingerprint density at radius 2 is 2.32 bits per heavy atom. The molecule has 19 heavy (non-hydrogen) atoms. The predicted octanol–water partition coefficient (Wildman–Crippen LogP) is 1.89. The van der Waals surface area contributed by atoms with E-state index in [1.165, 1.54) is 16.6 Å². The molecule has 1 fully saturated rings. The molecule has 1 N–H and O–H groups in total. The zero-order valence-electron chi connectivity index (χ0n) is 10.1. The number of nitrogens with zero attached hydrogens (tertiary/aromatic N) is 2. The van der Waals surface area contributed by atoms with E-state index in [9.17, 15) is 13.5 Å². The molecule has 1 unspecified atom stereocenters. The Hall–Kier alpha value is -0.210. The lowest BCUT2D eigenvalue weighted by Crippen LogP contribution is -2.41. The molecule has 0 radical (unpaired) electrons. The SMILES string of the molecule is O=S(=O)(c1cc(Br)cnc1Cl)N1CCCC(CO)C1. The minimum absolute atomic E-state index is 0.00197. The third kappa shape index (κ3) is 3.28. The van der Waals surface area contributed by atoms with E-state index in [4.69, 9.17) is 11.6 Å². The number of hydrogen-bond donors (Lipinski definition) is 1. The molecule has 0 aromatic carbocycles. The summed E-state index contributed by atoms with van der Waals surface area (Å²) >= 11 is 9.08. The first-order chi connectivity index (χ1) is 8.95. The van der Waals surface area contributed by atoms with Crippen molar-refractivity contribution < 1.29 is 13.5 Å². The fourth-order valence-corrected chi connectivity index (χ4v) is 4.59. The number of hydrogen-bond acceptors (Lipinski definition) is 4. The Morgan fingerprint density at radius 3 is 3.00 bits per heavy atom. The van der Waals surface area contributed by atoms with Crippen LogP contribution in [-0.4, -0.2) is 42.5 Å². The Balaban J connectivity index is 2.34. The number of aromatic nitrogens is 1. The van der Waals surface area contributed by atoms with E-state index in [1.807, 2.05) is 0 Å². The van der Waals surface area contributed by atoms with Gasteiger partial charge in [-0.15, -0.1) is 0 Å². The highest BCUT2D eigenvalue weighted by Gasteiger charge is 2.31. The molecule has 8 heteroatoms. The van der Waals surface area contributed by atoms with Crippen LogP contribution in [0.3, 0.4) is 0 Å². The van der Waals surface area contributed by atoms with Crippen LogP contribution in [0.5, 0.6) is 0 Å². The van der Waals surface area contributed by atoms with Gasteiger partial charge in [-0.05, 0) is 40.8 Å². The van der Waals surface area contributed by atoms with E-state index in [0.29, 0.717) is 17.6 Å². The largest absolute Gasteiger partial charge is 0.396 e. The summed E-state index contributed by atoms with van der Waals surface area (Å²) in [5, 5.41) is 9.14. The lowest BCUT2D eigenvalue weighted by Gasteiger charge is -2.31. The van der Waals surface area contributed by atoms with Crippen LogP contribution in [0.4, 0.5) is 0 Å². The highest BCUT2D eigenvalue weighted by molar-refractivity contribution is 9.10. The number of sulfonamides is 1. The maximum absolute atomic E-state index is 12.5. The smallest absolute Gasteiger partial charge is 0.246 e. The van der Waals surface area contributed by atoms with Crippen LogP contribution < -0.4 is 0 Å². The van der Waals surface area contributed by atoms with Crippen molar-refractivity contribution in [1.29, 1.82) is 0 Å². The number of halogens is 2. The average Bonchev–Trinajstić information content (AvgIpc) is 2.41. The third-order valence-corrected chi connectivity index (χ3v) is 5.86. The molecule has 0 aliphatic carbocycles. The second kappa shape index (κ2) is 6.05. The van der Waals surface area contributed by atoms with Crippen molar-refractivity contribution in [1.82, 2.24) is 9.29 Å². The molecule has 1 aromatic heterocycles. The van der Waals surface area contributed by atoms with Crippen molar-refractivity contribution >= 4 is 37.6 Å². The van der Waals surface area contributed by atoms with Crippen molar-refractivity contribution in [3.05, 3.63) is 21.9 Å². The summed E-state index contributed by atoms with van der Waals surface area (Å²) in [4.78, 5) is 3.84. The van der Waals surface area contributed by atoms with Gasteiger partial charge in [-0.1, -0.05) is 11.6 Å². The van der Waals surface area contributed by atoms with E-state index in [-0.39, 0.29) is 22.6 Å². The molecule has 1 aliphatic heterocycles. The molecular weight excluding hydrogens is 356 g/mol. The van der Waals surface area contributed by atoms with Crippen LogP contribution in [0.15, 0.2) is 21.6 Å². The van der Waals surface area contributed by atoms with Gasteiger partial charge in [-0.3, -0.25) is 0 Å². The molecule has 1 aromatic rings. The van der Waals surface area contributed by atoms with E-state index >= 15 is 0 Å². The first kappa shape index (κ1) is 15.2. The molecule has 2 heterocycles. The molecule has 0 bridgehead atoms. The monoisotopic (exact) mass is 368 g/mol. The van der Waals surface area contributed by atoms with Crippen LogP contribution >= 0.6 is 27.5 Å². The van der Waals surface area contributed by atoms with Gasteiger partial charge >= 0.3 is 0 Å². The molecule has 5 nitrogen and oxygen atoms in total. The normalized spacial score (nSPS) is 21.5. The molecule has 1 aliphatic rings. The molecule has 0 spiro atoms. The zero-order chi connectivity index (χ0) is 14.0. The van der Waals surface area contributed by atoms with Crippen LogP contribution in [0.25, 0.3) is 0 Å². The summed E-state index contributed by atoms with van der Waals surface area (Å²) in [6, 6.07) is 1.45. The highest BCUT2D eigenvalue weighted by Crippen LogP contribution is 2.28. The Morgan fingerprint density at radius 1 is 1.58 bits per heavy atom. The molecule has 2 rings (SSSR count). The molecule has 0 saturated carbocycles. The standard InChI is InChI=1S/C11H14BrClN2O3S/c12-9-4-10(11(13)14-5-9)19(17,18)15-3-1-2-8(6-15)7-16/h4-5,8,16H,1-3,6-7H2. The van der Waals surface area contributed by atoms with Gasteiger partial charge < -0.3 is 5.11 Å². The number of aliphatic hydroxyl groups excluding tert-OH is 1. The summed E-state index contributed by atoms with van der Waals surface area (Å²) in [6.07, 6.45) is 3.03. The van der Waals surface area contributed by atoms with Gasteiger partial charge in [-0.2, -0.15) is 4.31 Å². The summed E-state index contributed by atoms with van der Waals surface area (Å²) in [5.41, 5.74) is 0. The van der Waals surface area contributed by atoms with E-state index < -0.39 is 10.0 Å². The van der Waals surface area contributed by atoms with Crippen molar-refractivity contribution in [3.8, 4) is 0 Å². The van der Waals surface area contributed by atoms with Gasteiger partial charge in [-0.25, -0.2) is 13.4 Å². The molecule has 1 saturated heterocycles. The van der Waals surface area contributed by atoms with E-state index in [1.54, 1.807) is 0 Å². The van der Waals surface area contributed by atoms with Gasteiger partial charge in [0.15, 0.2) is 0 Å². The zero-order valence-corrected chi connectivity index (χ0v) is 13.2. The second-order valence-electron chi connectivity index (χ2n) is 4.50. The van der Waals surface area contributed by atoms with Crippen LogP contribution in [0.1, 0.15) is 12.8 Å². The van der Waals surface area contributed by atoms with Crippen LogP contribution in [0.2, 0.25) is 5.15 Å². The number of aliphatic hydroxyl groups is 1. The minimum atomic E-state index is -3.66. The van der Waals surface area contributed by atoms with Crippen LogP contribution in [-0.2, 0) is 10.0 Å². The van der Waals surface area contributed by atoms with Crippen LogP contribution in [0, 0.1) is 5.92 Å². The molecule has 106 valence electrons. The van der Waals surface area contributed by atoms with E-state index in [0.717, 1.165) is 12.8 Å². The summed E-state index contributed by atoms with van der Waals surface area (Å²) in [5.74, 6) is -0.0117. The molecule has 0 amide bonds. The van der Waals surface area contributed by atoms with Crippen molar-refractivity contribution in [2.75, 3.05) is 19.7 Å². The summed E-state index contributed by atoms with van der Waals surface area (Å²) < 4.78 is 27.0. The van der Waals surface area contributed by atoms with Crippen molar-refractivity contribution in [2.45, 2.75) is 17.7 Å². The first-order valence-electron chi connectivity index (χ1n) is 5.87. The van der Waals surface area contributed by atoms with Gasteiger partial charge in [0.25, 0.3) is 0 Å². The van der Waals surface area contributed by atoms with Gasteiger partial charge in [0.05, 0.1) is 0 Å². The van der Waals surface area contributed by atoms with Gasteiger partial charge in [0.1, 0.15) is 10.0 Å². The highest BCUT2D eigenvalue weighted by atomic mass is 79.9. The molecular formula is C11H14BrClN2O3S. The Kier molecular flexibility index (Phi) is 4.84. The predicted molar refractivity (Wildman–Crippen MR) is 75.5 cm³/mol. The average molecular weight is 370 g/mol. The lowest BCUT2D eigenvalue weighted by atomic mass is 10.0. The number of piperidine rings is 1. The number of pyridine rings is 1. The fraction of sp³-hybridized carbons (Fsp3) is 0.545. The van der Waals surface area contributed by atoms with Crippen molar-refractivity contribution in [2.24, 2.45) is 5.92 Å². The Labute approximate surface area is 125 Å². The first-order valence-corrected chi connectivity index (χ1v) is 8.48.